The molecule has 2 N–H and O–H groups in total. The van der Waals surface area contributed by atoms with Crippen LogP contribution in [0.3, 0.4) is 0 Å². The minimum absolute atomic E-state index is 0.0487. The Labute approximate surface area is 151 Å². The molecule has 0 radical (unpaired) electrons. The van der Waals surface area contributed by atoms with Gasteiger partial charge in [-0.05, 0) is 12.0 Å². The zero-order valence-electron chi connectivity index (χ0n) is 14.6. The largest absolute Gasteiger partial charge is 0.483 e. The SMILES string of the molecule is CC1C=CC=CC1C(=O)C1=CC=C(OCC(=O)O)C(OCC(=O)O)C1C. The average molecular weight is 362 g/mol. The third kappa shape index (κ3) is 4.70. The van der Waals surface area contributed by atoms with E-state index >= 15 is 0 Å². The number of ketones is 1. The van der Waals surface area contributed by atoms with Crippen molar-refractivity contribution in [2.45, 2.75) is 20.0 Å². The Morgan fingerprint density at radius 1 is 1.00 bits per heavy atom. The van der Waals surface area contributed by atoms with E-state index in [1.807, 2.05) is 31.2 Å². The van der Waals surface area contributed by atoms with Crippen LogP contribution in [0, 0.1) is 17.8 Å². The monoisotopic (exact) mass is 362 g/mol. The standard InChI is InChI=1S/C19H22O7/c1-11-5-3-4-6-13(11)18(24)14-7-8-15(25-9-16(20)21)19(12(14)2)26-10-17(22)23/h3-8,11-13,19H,9-10H2,1-2H3,(H,20,21)(H,22,23). The van der Waals surface area contributed by atoms with Crippen LogP contribution >= 0.6 is 0 Å². The molecule has 2 aliphatic rings. The lowest BCUT2D eigenvalue weighted by molar-refractivity contribution is -0.147. The molecule has 2 rings (SSSR count). The fourth-order valence-electron chi connectivity index (χ4n) is 3.03. The van der Waals surface area contributed by atoms with Gasteiger partial charge >= 0.3 is 11.9 Å². The Morgan fingerprint density at radius 2 is 1.65 bits per heavy atom. The second kappa shape index (κ2) is 8.62. The van der Waals surface area contributed by atoms with E-state index in [1.165, 1.54) is 6.08 Å². The molecule has 0 heterocycles. The maximum atomic E-state index is 12.9. The number of aliphatic carboxylic acids is 2. The summed E-state index contributed by atoms with van der Waals surface area (Å²) < 4.78 is 10.6. The first-order valence-electron chi connectivity index (χ1n) is 8.30. The zero-order chi connectivity index (χ0) is 19.3. The maximum absolute atomic E-state index is 12.9. The van der Waals surface area contributed by atoms with Gasteiger partial charge in [0.05, 0.1) is 0 Å². The molecule has 0 saturated carbocycles. The molecule has 140 valence electrons. The molecule has 0 amide bonds. The Hall–Kier alpha value is -2.67. The Balaban J connectivity index is 2.24. The van der Waals surface area contributed by atoms with E-state index < -0.39 is 37.2 Å². The van der Waals surface area contributed by atoms with Crippen molar-refractivity contribution in [2.24, 2.45) is 17.8 Å². The van der Waals surface area contributed by atoms with Gasteiger partial charge in [-0.3, -0.25) is 4.79 Å². The first kappa shape index (κ1) is 19.7. The van der Waals surface area contributed by atoms with E-state index in [1.54, 1.807) is 13.0 Å². The fraction of sp³-hybridized carbons (Fsp3) is 0.421. The minimum Gasteiger partial charge on any atom is -0.483 e. The van der Waals surface area contributed by atoms with Crippen molar-refractivity contribution < 1.29 is 34.1 Å². The van der Waals surface area contributed by atoms with Crippen molar-refractivity contribution in [1.82, 2.24) is 0 Å². The van der Waals surface area contributed by atoms with Crippen LogP contribution in [0.5, 0.6) is 0 Å². The van der Waals surface area contributed by atoms with Crippen LogP contribution in [0.4, 0.5) is 0 Å². The zero-order valence-corrected chi connectivity index (χ0v) is 14.6. The molecule has 0 fully saturated rings. The van der Waals surface area contributed by atoms with Crippen molar-refractivity contribution >= 4 is 17.7 Å². The maximum Gasteiger partial charge on any atom is 0.341 e. The average Bonchev–Trinajstić information content (AvgIpc) is 2.58. The normalized spacial score (nSPS) is 27.5. The molecule has 0 saturated heterocycles. The van der Waals surface area contributed by atoms with E-state index in [4.69, 9.17) is 19.7 Å². The molecular weight excluding hydrogens is 340 g/mol. The van der Waals surface area contributed by atoms with E-state index in [9.17, 15) is 14.4 Å². The summed E-state index contributed by atoms with van der Waals surface area (Å²) in [4.78, 5) is 34.5. The van der Waals surface area contributed by atoms with Crippen LogP contribution in [0.25, 0.3) is 0 Å². The predicted octanol–water partition coefficient (Wildman–Crippen LogP) is 1.96. The summed E-state index contributed by atoms with van der Waals surface area (Å²) in [5.74, 6) is -2.91. The molecule has 26 heavy (non-hydrogen) atoms. The lowest BCUT2D eigenvalue weighted by atomic mass is 9.78. The highest BCUT2D eigenvalue weighted by Gasteiger charge is 2.36. The summed E-state index contributed by atoms with van der Waals surface area (Å²) in [5.41, 5.74) is 0.500. The van der Waals surface area contributed by atoms with Gasteiger partial charge in [0.2, 0.25) is 0 Å². The second-order valence-electron chi connectivity index (χ2n) is 6.31. The van der Waals surface area contributed by atoms with Crippen LogP contribution in [-0.4, -0.2) is 47.3 Å². The number of carbonyl (C=O) groups excluding carboxylic acids is 1. The molecule has 0 aliphatic heterocycles. The number of carbonyl (C=O) groups is 3. The number of hydrogen-bond acceptors (Lipinski definition) is 5. The van der Waals surface area contributed by atoms with E-state index in [-0.39, 0.29) is 23.4 Å². The molecular formula is C19H22O7. The van der Waals surface area contributed by atoms with Crippen LogP contribution in [-0.2, 0) is 23.9 Å². The van der Waals surface area contributed by atoms with Gasteiger partial charge in [-0.2, -0.15) is 0 Å². The summed E-state index contributed by atoms with van der Waals surface area (Å²) in [6, 6.07) is 0. The third-order valence-corrected chi connectivity index (χ3v) is 4.40. The number of carboxylic acid groups (broad SMARTS) is 2. The molecule has 0 aromatic carbocycles. The summed E-state index contributed by atoms with van der Waals surface area (Å²) in [6.07, 6.45) is 9.75. The summed E-state index contributed by atoms with van der Waals surface area (Å²) in [7, 11) is 0. The number of carboxylic acids is 2. The summed E-state index contributed by atoms with van der Waals surface area (Å²) in [5, 5.41) is 17.7. The number of Topliss-reactive ketones (excluding diaryl/α,β-unsaturated/α-hetero) is 1. The van der Waals surface area contributed by atoms with Gasteiger partial charge in [-0.15, -0.1) is 0 Å². The van der Waals surface area contributed by atoms with Crippen molar-refractivity contribution in [2.75, 3.05) is 13.2 Å². The highest BCUT2D eigenvalue weighted by atomic mass is 16.6. The highest BCUT2D eigenvalue weighted by Crippen LogP contribution is 2.33. The van der Waals surface area contributed by atoms with Crippen molar-refractivity contribution in [3.63, 3.8) is 0 Å². The summed E-state index contributed by atoms with van der Waals surface area (Å²) >= 11 is 0. The van der Waals surface area contributed by atoms with Crippen LogP contribution < -0.4 is 0 Å². The van der Waals surface area contributed by atoms with Gasteiger partial charge < -0.3 is 19.7 Å². The quantitative estimate of drug-likeness (QED) is 0.679. The number of rotatable bonds is 8. The van der Waals surface area contributed by atoms with E-state index in [2.05, 4.69) is 0 Å². The number of hydrogen-bond donors (Lipinski definition) is 2. The molecule has 4 atom stereocenters. The van der Waals surface area contributed by atoms with Gasteiger partial charge in [0.15, 0.2) is 12.4 Å². The molecule has 0 bridgehead atoms. The fourth-order valence-corrected chi connectivity index (χ4v) is 3.03. The first-order chi connectivity index (χ1) is 12.3. The topological polar surface area (TPSA) is 110 Å². The van der Waals surface area contributed by atoms with Crippen LogP contribution in [0.2, 0.25) is 0 Å². The molecule has 7 heteroatoms. The lowest BCUT2D eigenvalue weighted by Crippen LogP contribution is -2.36. The Kier molecular flexibility index (Phi) is 6.52. The van der Waals surface area contributed by atoms with Crippen LogP contribution in [0.15, 0.2) is 47.8 Å². The number of ether oxygens (including phenoxy) is 2. The molecule has 0 aromatic rings. The molecule has 2 aliphatic carbocycles. The van der Waals surface area contributed by atoms with Gasteiger partial charge in [-0.1, -0.05) is 44.2 Å². The van der Waals surface area contributed by atoms with Gasteiger partial charge in [0.1, 0.15) is 18.5 Å². The van der Waals surface area contributed by atoms with Crippen LogP contribution in [0.1, 0.15) is 13.8 Å². The van der Waals surface area contributed by atoms with E-state index in [0.717, 1.165) is 0 Å². The van der Waals surface area contributed by atoms with Gasteiger partial charge in [0, 0.05) is 17.4 Å². The summed E-state index contributed by atoms with van der Waals surface area (Å²) in [6.45, 7) is 2.54. The van der Waals surface area contributed by atoms with Gasteiger partial charge in [0.25, 0.3) is 0 Å². The predicted molar refractivity (Wildman–Crippen MR) is 92.2 cm³/mol. The van der Waals surface area contributed by atoms with Gasteiger partial charge in [-0.25, -0.2) is 9.59 Å². The minimum atomic E-state index is -1.16. The smallest absolute Gasteiger partial charge is 0.341 e. The Bertz CT molecular complexity index is 699. The molecule has 4 unspecified atom stereocenters. The molecule has 7 nitrogen and oxygen atoms in total. The second-order valence-corrected chi connectivity index (χ2v) is 6.31. The lowest BCUT2D eigenvalue weighted by Gasteiger charge is -2.32. The van der Waals surface area contributed by atoms with E-state index in [0.29, 0.717) is 5.57 Å². The van der Waals surface area contributed by atoms with Crippen molar-refractivity contribution in [1.29, 1.82) is 0 Å². The molecule has 0 spiro atoms. The Morgan fingerprint density at radius 3 is 2.27 bits per heavy atom. The number of allylic oxidation sites excluding steroid dienone is 6. The van der Waals surface area contributed by atoms with Crippen molar-refractivity contribution in [3.05, 3.63) is 47.8 Å². The highest BCUT2D eigenvalue weighted by molar-refractivity contribution is 5.99. The first-order valence-corrected chi connectivity index (χ1v) is 8.30. The third-order valence-electron chi connectivity index (χ3n) is 4.40. The van der Waals surface area contributed by atoms with Crippen molar-refractivity contribution in [3.8, 4) is 0 Å². The molecule has 0 aromatic heterocycles.